The third-order valence-electron chi connectivity index (χ3n) is 3.77. The lowest BCUT2D eigenvalue weighted by atomic mass is 10.1. The zero-order valence-corrected chi connectivity index (χ0v) is 13.2. The van der Waals surface area contributed by atoms with Gasteiger partial charge in [0, 0.05) is 20.1 Å². The molecule has 0 aromatic heterocycles. The molecule has 0 aliphatic carbocycles. The molecule has 1 aromatic carbocycles. The molecule has 0 bridgehead atoms. The standard InChI is InChI=1S/C14H20N2O4S/c1-10-8-12(4-5-13(10)20-3)21(18,19)16-7-6-11(9-16)14(17)15-2/h4-5,8,11H,6-7,9H2,1-3H3,(H,15,17). The monoisotopic (exact) mass is 312 g/mol. The normalized spacial score (nSPS) is 19.5. The summed E-state index contributed by atoms with van der Waals surface area (Å²) in [6.45, 7) is 2.40. The average molecular weight is 312 g/mol. The highest BCUT2D eigenvalue weighted by Gasteiger charge is 2.35. The number of ether oxygens (including phenoxy) is 1. The van der Waals surface area contributed by atoms with Gasteiger partial charge in [-0.2, -0.15) is 4.31 Å². The molecule has 0 radical (unpaired) electrons. The molecule has 1 saturated heterocycles. The summed E-state index contributed by atoms with van der Waals surface area (Å²) in [5.74, 6) is 0.265. The average Bonchev–Trinajstić information content (AvgIpc) is 2.96. The van der Waals surface area contributed by atoms with Crippen molar-refractivity contribution in [2.24, 2.45) is 5.92 Å². The van der Waals surface area contributed by atoms with Crippen molar-refractivity contribution >= 4 is 15.9 Å². The van der Waals surface area contributed by atoms with Crippen molar-refractivity contribution in [3.05, 3.63) is 23.8 Å². The Morgan fingerprint density at radius 3 is 2.71 bits per heavy atom. The van der Waals surface area contributed by atoms with Crippen molar-refractivity contribution in [2.75, 3.05) is 27.2 Å². The third-order valence-corrected chi connectivity index (χ3v) is 5.63. The number of benzene rings is 1. The molecule has 1 unspecified atom stereocenters. The van der Waals surface area contributed by atoms with Crippen LogP contribution in [0.15, 0.2) is 23.1 Å². The molecule has 1 amide bonds. The van der Waals surface area contributed by atoms with Crippen molar-refractivity contribution in [2.45, 2.75) is 18.2 Å². The van der Waals surface area contributed by atoms with Gasteiger partial charge >= 0.3 is 0 Å². The van der Waals surface area contributed by atoms with E-state index >= 15 is 0 Å². The number of aryl methyl sites for hydroxylation is 1. The van der Waals surface area contributed by atoms with Crippen LogP contribution < -0.4 is 10.1 Å². The first kappa shape index (κ1) is 15.8. The van der Waals surface area contributed by atoms with Crippen LogP contribution in [0.4, 0.5) is 0 Å². The van der Waals surface area contributed by atoms with Crippen LogP contribution in [0.25, 0.3) is 0 Å². The molecule has 1 N–H and O–H groups in total. The largest absolute Gasteiger partial charge is 0.496 e. The van der Waals surface area contributed by atoms with Crippen molar-refractivity contribution < 1.29 is 17.9 Å². The van der Waals surface area contributed by atoms with Gasteiger partial charge in [0.15, 0.2) is 0 Å². The van der Waals surface area contributed by atoms with E-state index in [9.17, 15) is 13.2 Å². The Kier molecular flexibility index (Phi) is 4.53. The van der Waals surface area contributed by atoms with Gasteiger partial charge in [0.1, 0.15) is 5.75 Å². The van der Waals surface area contributed by atoms with E-state index in [0.717, 1.165) is 5.56 Å². The SMILES string of the molecule is CNC(=O)C1CCN(S(=O)(=O)c2ccc(OC)c(C)c2)C1. The van der Waals surface area contributed by atoms with Gasteiger partial charge < -0.3 is 10.1 Å². The molecule has 1 heterocycles. The van der Waals surface area contributed by atoms with Gasteiger partial charge in [-0.25, -0.2) is 8.42 Å². The van der Waals surface area contributed by atoms with E-state index in [2.05, 4.69) is 5.32 Å². The summed E-state index contributed by atoms with van der Waals surface area (Å²) in [6.07, 6.45) is 0.550. The van der Waals surface area contributed by atoms with Crippen LogP contribution in [0, 0.1) is 12.8 Å². The summed E-state index contributed by atoms with van der Waals surface area (Å²) >= 11 is 0. The quantitative estimate of drug-likeness (QED) is 0.890. The van der Waals surface area contributed by atoms with Gasteiger partial charge in [-0.3, -0.25) is 4.79 Å². The number of nitrogens with zero attached hydrogens (tertiary/aromatic N) is 1. The minimum atomic E-state index is -3.56. The van der Waals surface area contributed by atoms with Crippen LogP contribution in [0.5, 0.6) is 5.75 Å². The topological polar surface area (TPSA) is 75.7 Å². The number of hydrogen-bond acceptors (Lipinski definition) is 4. The first-order valence-electron chi connectivity index (χ1n) is 6.76. The van der Waals surface area contributed by atoms with Gasteiger partial charge in [-0.15, -0.1) is 0 Å². The Balaban J connectivity index is 2.23. The minimum absolute atomic E-state index is 0.112. The van der Waals surface area contributed by atoms with Crippen molar-refractivity contribution in [1.29, 1.82) is 0 Å². The molecule has 116 valence electrons. The molecular weight excluding hydrogens is 292 g/mol. The lowest BCUT2D eigenvalue weighted by Gasteiger charge is -2.17. The smallest absolute Gasteiger partial charge is 0.243 e. The fraction of sp³-hybridized carbons (Fsp3) is 0.500. The first-order chi connectivity index (χ1) is 9.90. The number of carbonyl (C=O) groups is 1. The number of hydrogen-bond donors (Lipinski definition) is 1. The van der Waals surface area contributed by atoms with Crippen LogP contribution >= 0.6 is 0 Å². The molecule has 1 aliphatic heterocycles. The molecule has 1 aliphatic rings. The second-order valence-corrected chi connectivity index (χ2v) is 7.03. The predicted molar refractivity (Wildman–Crippen MR) is 78.7 cm³/mol. The molecule has 1 fully saturated rings. The molecule has 2 rings (SSSR count). The highest BCUT2D eigenvalue weighted by atomic mass is 32.2. The first-order valence-corrected chi connectivity index (χ1v) is 8.20. The molecule has 0 spiro atoms. The summed E-state index contributed by atoms with van der Waals surface area (Å²) in [7, 11) is -0.455. The van der Waals surface area contributed by atoms with Crippen molar-refractivity contribution in [3.8, 4) is 5.75 Å². The zero-order valence-electron chi connectivity index (χ0n) is 12.4. The van der Waals surface area contributed by atoms with Crippen molar-refractivity contribution in [1.82, 2.24) is 9.62 Å². The van der Waals surface area contributed by atoms with Crippen LogP contribution in [0.2, 0.25) is 0 Å². The molecule has 0 saturated carbocycles. The molecular formula is C14H20N2O4S. The Morgan fingerprint density at radius 2 is 2.14 bits per heavy atom. The summed E-state index contributed by atoms with van der Waals surface area (Å²) < 4.78 is 31.7. The van der Waals surface area contributed by atoms with Crippen LogP contribution in [-0.4, -0.2) is 45.9 Å². The maximum atomic E-state index is 12.6. The van der Waals surface area contributed by atoms with E-state index < -0.39 is 10.0 Å². The maximum absolute atomic E-state index is 12.6. The van der Waals surface area contributed by atoms with Gasteiger partial charge in [-0.1, -0.05) is 0 Å². The Hall–Kier alpha value is -1.60. The second-order valence-electron chi connectivity index (χ2n) is 5.09. The number of amides is 1. The van der Waals surface area contributed by atoms with E-state index in [-0.39, 0.29) is 23.3 Å². The van der Waals surface area contributed by atoms with E-state index in [1.807, 2.05) is 0 Å². The predicted octanol–water partition coefficient (Wildman–Crippen LogP) is 0.760. The number of methoxy groups -OCH3 is 1. The fourth-order valence-corrected chi connectivity index (χ4v) is 4.11. The Bertz CT molecular complexity index is 642. The van der Waals surface area contributed by atoms with E-state index in [1.54, 1.807) is 33.2 Å². The van der Waals surface area contributed by atoms with Gasteiger partial charge in [0.2, 0.25) is 15.9 Å². The minimum Gasteiger partial charge on any atom is -0.496 e. The number of rotatable bonds is 4. The Morgan fingerprint density at radius 1 is 1.43 bits per heavy atom. The van der Waals surface area contributed by atoms with Crippen LogP contribution in [0.3, 0.4) is 0 Å². The third kappa shape index (κ3) is 3.03. The highest BCUT2D eigenvalue weighted by molar-refractivity contribution is 7.89. The van der Waals surface area contributed by atoms with E-state index in [4.69, 9.17) is 4.74 Å². The lowest BCUT2D eigenvalue weighted by molar-refractivity contribution is -0.123. The van der Waals surface area contributed by atoms with Crippen LogP contribution in [-0.2, 0) is 14.8 Å². The number of carbonyl (C=O) groups excluding carboxylic acids is 1. The highest BCUT2D eigenvalue weighted by Crippen LogP contribution is 2.27. The van der Waals surface area contributed by atoms with Gasteiger partial charge in [0.25, 0.3) is 0 Å². The second kappa shape index (κ2) is 6.03. The Labute approximate surface area is 125 Å². The van der Waals surface area contributed by atoms with Crippen LogP contribution in [0.1, 0.15) is 12.0 Å². The van der Waals surface area contributed by atoms with Crippen molar-refractivity contribution in [3.63, 3.8) is 0 Å². The summed E-state index contributed by atoms with van der Waals surface area (Å²) in [5.41, 5.74) is 0.764. The zero-order chi connectivity index (χ0) is 15.6. The molecule has 21 heavy (non-hydrogen) atoms. The number of nitrogens with one attached hydrogen (secondary N) is 1. The van der Waals surface area contributed by atoms with E-state index in [0.29, 0.717) is 18.7 Å². The lowest BCUT2D eigenvalue weighted by Crippen LogP contribution is -2.33. The maximum Gasteiger partial charge on any atom is 0.243 e. The van der Waals surface area contributed by atoms with Gasteiger partial charge in [0.05, 0.1) is 17.9 Å². The molecule has 7 heteroatoms. The molecule has 1 aromatic rings. The number of sulfonamides is 1. The summed E-state index contributed by atoms with van der Waals surface area (Å²) in [4.78, 5) is 11.8. The summed E-state index contributed by atoms with van der Waals surface area (Å²) in [6, 6.07) is 4.78. The molecule has 1 atom stereocenters. The van der Waals surface area contributed by atoms with Gasteiger partial charge in [-0.05, 0) is 37.1 Å². The van der Waals surface area contributed by atoms with E-state index in [1.165, 1.54) is 10.4 Å². The summed E-state index contributed by atoms with van der Waals surface area (Å²) in [5, 5.41) is 2.57. The molecule has 6 nitrogen and oxygen atoms in total. The fourth-order valence-electron chi connectivity index (χ4n) is 2.53.